The summed E-state index contributed by atoms with van der Waals surface area (Å²) in [6.45, 7) is 17.3. The molecule has 22 nitrogen and oxygen atoms in total. The van der Waals surface area contributed by atoms with Gasteiger partial charge in [-0.15, -0.1) is 0 Å². The van der Waals surface area contributed by atoms with Crippen LogP contribution in [0.1, 0.15) is 121 Å². The Morgan fingerprint density at radius 3 is 1.22 bits per heavy atom. The lowest BCUT2D eigenvalue weighted by atomic mass is 10.0. The Morgan fingerprint density at radius 1 is 0.514 bits per heavy atom. The number of fused-ring (bicyclic) bond motifs is 16. The van der Waals surface area contributed by atoms with E-state index in [2.05, 4.69) is 41.2 Å². The van der Waals surface area contributed by atoms with Crippen molar-refractivity contribution < 1.29 is 55.2 Å². The number of nitrogens with zero attached hydrogens (tertiary/aromatic N) is 6. The number of carbonyl (C=O) groups excluding carboxylic acids is 4. The molecule has 12 bridgehead atoms. The Bertz CT molecular complexity index is 3100. The molecular weight excluding hydrogens is 933 g/mol. The Kier molecular flexibility index (Phi) is 12.6. The van der Waals surface area contributed by atoms with E-state index in [0.29, 0.717) is 34.4 Å². The fourth-order valence-electron chi connectivity index (χ4n) is 7.52. The zero-order valence-corrected chi connectivity index (χ0v) is 40.9. The summed E-state index contributed by atoms with van der Waals surface area (Å²) in [6, 6.07) is 12.2. The van der Waals surface area contributed by atoms with Crippen molar-refractivity contribution in [3.63, 3.8) is 0 Å². The molecule has 2 atom stereocenters. The number of nitrogens with one attached hydrogen (secondary N) is 4. The molecule has 1 aliphatic heterocycles. The summed E-state index contributed by atoms with van der Waals surface area (Å²) in [5.41, 5.74) is 1.78. The normalized spacial score (nSPS) is 15.0. The number of hydrogen-bond donors (Lipinski definition) is 4. The van der Waals surface area contributed by atoms with E-state index in [-0.39, 0.29) is 82.3 Å². The number of anilines is 2. The molecule has 9 rings (SSSR count). The zero-order chi connectivity index (χ0) is 51.2. The molecule has 0 fully saturated rings. The lowest BCUT2D eigenvalue weighted by molar-refractivity contribution is 0.0624. The van der Waals surface area contributed by atoms with Crippen molar-refractivity contribution in [2.75, 3.05) is 10.6 Å². The van der Waals surface area contributed by atoms with Crippen LogP contribution >= 0.6 is 0 Å². The van der Waals surface area contributed by atoms with Gasteiger partial charge in [-0.2, -0.15) is 0 Å². The molecule has 4 amide bonds. The van der Waals surface area contributed by atoms with Gasteiger partial charge in [0.05, 0.1) is 0 Å². The predicted octanol–water partition coefficient (Wildman–Crippen LogP) is 9.95. The maximum atomic E-state index is 14.1. The number of amides is 4. The van der Waals surface area contributed by atoms with E-state index in [1.54, 1.807) is 118 Å². The Labute approximate surface area is 410 Å². The van der Waals surface area contributed by atoms with E-state index in [1.165, 1.54) is 12.5 Å². The van der Waals surface area contributed by atoms with Crippen LogP contribution in [0.25, 0.3) is 46.3 Å². The van der Waals surface area contributed by atoms with Crippen molar-refractivity contribution in [2.45, 2.75) is 105 Å². The second-order valence-corrected chi connectivity index (χ2v) is 18.9. The Balaban J connectivity index is 1.06. The van der Waals surface area contributed by atoms with Crippen molar-refractivity contribution in [1.82, 2.24) is 40.5 Å². The van der Waals surface area contributed by atoms with Gasteiger partial charge < -0.3 is 46.6 Å². The molecule has 7 heterocycles. The molecule has 2 aromatic carbocycles. The van der Waals surface area contributed by atoms with Crippen LogP contribution < -0.4 is 21.3 Å². The monoisotopic (exact) mass is 982 g/mol. The molecule has 4 N–H and O–H groups in total. The minimum absolute atomic E-state index is 0.0147. The number of oxazole rings is 6. The molecule has 0 aliphatic carbocycles. The number of carbonyl (C=O) groups is 4. The average Bonchev–Trinajstić information content (AvgIpc) is 4.16. The highest BCUT2D eigenvalue weighted by atomic mass is 16.6. The van der Waals surface area contributed by atoms with Crippen LogP contribution in [0, 0.1) is 27.7 Å². The van der Waals surface area contributed by atoms with Crippen LogP contribution in [0.4, 0.5) is 21.0 Å². The van der Waals surface area contributed by atoms with Crippen LogP contribution in [0.2, 0.25) is 0 Å². The number of benzene rings is 2. The minimum Gasteiger partial charge on any atom is -0.444 e. The molecule has 1 aliphatic rings. The van der Waals surface area contributed by atoms with Crippen LogP contribution in [0.3, 0.4) is 0 Å². The van der Waals surface area contributed by atoms with Gasteiger partial charge in [0.2, 0.25) is 35.3 Å². The second-order valence-electron chi connectivity index (χ2n) is 18.9. The molecule has 0 spiro atoms. The lowest BCUT2D eigenvalue weighted by Gasteiger charge is -2.20. The van der Waals surface area contributed by atoms with Crippen LogP contribution in [0.5, 0.6) is 0 Å². The third kappa shape index (κ3) is 10.8. The van der Waals surface area contributed by atoms with E-state index >= 15 is 0 Å². The summed E-state index contributed by atoms with van der Waals surface area (Å²) in [5, 5.41) is 11.4. The average molecular weight is 983 g/mol. The summed E-state index contributed by atoms with van der Waals surface area (Å²) in [6.07, 6.45) is 1.51. The van der Waals surface area contributed by atoms with E-state index in [1.807, 2.05) is 0 Å². The quantitative estimate of drug-likeness (QED) is 0.120. The van der Waals surface area contributed by atoms with Gasteiger partial charge >= 0.3 is 12.2 Å². The van der Waals surface area contributed by atoms with Crippen molar-refractivity contribution in [3.8, 4) is 46.3 Å². The number of hydrogen-bond acceptors (Lipinski definition) is 18. The second kappa shape index (κ2) is 18.8. The zero-order valence-electron chi connectivity index (χ0n) is 40.9. The van der Waals surface area contributed by atoms with Gasteiger partial charge in [-0.25, -0.2) is 39.5 Å². The van der Waals surface area contributed by atoms with Crippen molar-refractivity contribution in [2.24, 2.45) is 0 Å². The smallest absolute Gasteiger partial charge is 0.412 e. The molecule has 22 heteroatoms. The Hall–Kier alpha value is -8.82. The summed E-state index contributed by atoms with van der Waals surface area (Å²) in [7, 11) is 0. The molecule has 2 unspecified atom stereocenters. The van der Waals surface area contributed by atoms with Crippen LogP contribution in [-0.2, 0) is 22.3 Å². The SMILES string of the molecule is Cc1oc2nc1-c1nc(co1)C(=O)NC(Cc1ccc(NC(=O)OC(C)(C)C)cc1)c1nc(c(C)o1)-c1nc(c(C)o1)-c1nc(co1)C(=O)NC(Cc1ccc(NC(=O)OC(C)(C)C)cc1)c1nc-2c(C)o1. The minimum atomic E-state index is -0.891. The van der Waals surface area contributed by atoms with E-state index in [0.717, 1.165) is 11.1 Å². The predicted molar refractivity (Wildman–Crippen MR) is 254 cm³/mol. The summed E-state index contributed by atoms with van der Waals surface area (Å²) >= 11 is 0. The molecule has 0 saturated carbocycles. The van der Waals surface area contributed by atoms with Gasteiger partial charge in [0.25, 0.3) is 11.8 Å². The van der Waals surface area contributed by atoms with E-state index in [9.17, 15) is 19.2 Å². The fourth-order valence-corrected chi connectivity index (χ4v) is 7.52. The largest absolute Gasteiger partial charge is 0.444 e. The van der Waals surface area contributed by atoms with Gasteiger partial charge in [0, 0.05) is 24.2 Å². The maximum absolute atomic E-state index is 14.1. The molecule has 8 aromatic rings. The van der Waals surface area contributed by atoms with Gasteiger partial charge in [-0.1, -0.05) is 24.3 Å². The van der Waals surface area contributed by atoms with Crippen molar-refractivity contribution in [3.05, 3.63) is 118 Å². The van der Waals surface area contributed by atoms with E-state index in [4.69, 9.17) is 45.9 Å². The summed E-state index contributed by atoms with van der Waals surface area (Å²) in [5.74, 6) is 0.293. The van der Waals surface area contributed by atoms with Crippen molar-refractivity contribution in [1.29, 1.82) is 0 Å². The highest BCUT2D eigenvalue weighted by Crippen LogP contribution is 2.35. The summed E-state index contributed by atoms with van der Waals surface area (Å²) < 4.78 is 47.0. The highest BCUT2D eigenvalue weighted by Gasteiger charge is 2.32. The maximum Gasteiger partial charge on any atom is 0.412 e. The standard InChI is InChI=1S/C50H50N10O12/c1-23-35-43-55-33(21-65-43)39(61)53-32(20-28-13-17-30(18-14-28)52-48(64)72-50(8,9)10)42-58-38(26(4)68-42)46-60-36(24(2)70-46)44-56-34(22-66-44)40(62)54-31(41-57-37(25(3)67-41)45(59-35)69-23)19-27-11-15-29(16-12-27)51-47(63)71-49(5,6)7/h11-18,21-22,31-32H,19-20H2,1-10H3,(H,51,63)(H,52,64)(H,53,61)(H,54,62). The first-order chi connectivity index (χ1) is 34.1. The third-order valence-corrected chi connectivity index (χ3v) is 10.8. The Morgan fingerprint density at radius 2 is 0.861 bits per heavy atom. The van der Waals surface area contributed by atoms with Gasteiger partial charge in [-0.05, 0) is 105 Å². The van der Waals surface area contributed by atoms with Gasteiger partial charge in [-0.3, -0.25) is 20.2 Å². The number of ether oxygens (including phenoxy) is 2. The van der Waals surface area contributed by atoms with Crippen LogP contribution in [0.15, 0.2) is 87.6 Å². The molecule has 0 radical (unpaired) electrons. The molecular formula is C50H50N10O12. The highest BCUT2D eigenvalue weighted by molar-refractivity contribution is 5.93. The fraction of sp³-hybridized carbons (Fsp3) is 0.320. The molecule has 6 aromatic heterocycles. The third-order valence-electron chi connectivity index (χ3n) is 10.8. The number of aryl methyl sites for hydroxylation is 4. The first-order valence-corrected chi connectivity index (χ1v) is 22.7. The number of aromatic nitrogens is 6. The molecule has 0 saturated heterocycles. The van der Waals surface area contributed by atoms with Gasteiger partial charge in [0.15, 0.2) is 34.2 Å². The van der Waals surface area contributed by atoms with Crippen LogP contribution in [-0.4, -0.2) is 65.1 Å². The lowest BCUT2D eigenvalue weighted by Crippen LogP contribution is -2.30. The van der Waals surface area contributed by atoms with Crippen molar-refractivity contribution >= 4 is 35.4 Å². The van der Waals surface area contributed by atoms with E-state index < -0.39 is 47.3 Å². The first-order valence-electron chi connectivity index (χ1n) is 22.7. The number of rotatable bonds is 6. The molecule has 72 heavy (non-hydrogen) atoms. The summed E-state index contributed by atoms with van der Waals surface area (Å²) in [4.78, 5) is 80.8. The first kappa shape index (κ1) is 48.2. The van der Waals surface area contributed by atoms with Gasteiger partial charge in [0.1, 0.15) is 58.9 Å². The topological polar surface area (TPSA) is 291 Å². The molecule has 372 valence electrons.